The van der Waals surface area contributed by atoms with E-state index in [4.69, 9.17) is 10.2 Å². The van der Waals surface area contributed by atoms with E-state index in [0.717, 1.165) is 5.76 Å². The average molecular weight is 172 g/mol. The van der Waals surface area contributed by atoms with Gasteiger partial charge in [0.1, 0.15) is 5.76 Å². The van der Waals surface area contributed by atoms with Crippen LogP contribution in [0.5, 0.6) is 0 Å². The zero-order valence-corrected chi connectivity index (χ0v) is 6.56. The zero-order chi connectivity index (χ0) is 8.10. The monoisotopic (exact) mass is 172 g/mol. The van der Waals surface area contributed by atoms with E-state index in [1.807, 2.05) is 6.07 Å². The number of carbonyl (C=O) groups excluding carboxylic acids is 1. The van der Waals surface area contributed by atoms with Gasteiger partial charge in [-0.05, 0) is 24.1 Å². The quantitative estimate of drug-likeness (QED) is 0.671. The predicted octanol–water partition coefficient (Wildman–Crippen LogP) is 1.10. The summed E-state index contributed by atoms with van der Waals surface area (Å²) in [7, 11) is 0. The summed E-state index contributed by atoms with van der Waals surface area (Å²) in [5.41, 5.74) is 4.83. The van der Waals surface area contributed by atoms with Crippen molar-refractivity contribution in [2.24, 2.45) is 5.73 Å². The van der Waals surface area contributed by atoms with Gasteiger partial charge >= 0.3 is 6.03 Å². The smallest absolute Gasteiger partial charge is 0.322 e. The summed E-state index contributed by atoms with van der Waals surface area (Å²) in [6, 6.07) is 3.08. The van der Waals surface area contributed by atoms with E-state index >= 15 is 0 Å². The van der Waals surface area contributed by atoms with Crippen molar-refractivity contribution in [2.75, 3.05) is 0 Å². The molecule has 1 rings (SSSR count). The Balaban J connectivity index is 2.19. The number of amides is 2. The summed E-state index contributed by atoms with van der Waals surface area (Å²) < 4.78 is 7.38. The minimum Gasteiger partial charge on any atom is -0.468 e. The third kappa shape index (κ3) is 2.99. The van der Waals surface area contributed by atoms with Crippen LogP contribution in [0.25, 0.3) is 0 Å². The van der Waals surface area contributed by atoms with E-state index in [0.29, 0.717) is 5.75 Å². The van der Waals surface area contributed by atoms with Crippen LogP contribution in [0.2, 0.25) is 0 Å². The maximum atomic E-state index is 10.2. The number of furan rings is 1. The number of carbonyl (C=O) groups is 1. The molecular formula is C6H8N2O2S. The number of hydrogen-bond donors (Lipinski definition) is 2. The first-order valence-electron chi connectivity index (χ1n) is 2.98. The summed E-state index contributed by atoms with van der Waals surface area (Å²) in [5.74, 6) is 1.40. The number of nitrogens with two attached hydrogens (primary N) is 1. The number of hydrogen-bond acceptors (Lipinski definition) is 3. The van der Waals surface area contributed by atoms with Gasteiger partial charge in [-0.3, -0.25) is 4.72 Å². The van der Waals surface area contributed by atoms with Crippen LogP contribution in [-0.2, 0) is 5.75 Å². The summed E-state index contributed by atoms with van der Waals surface area (Å²) in [4.78, 5) is 10.2. The Morgan fingerprint density at radius 1 is 1.82 bits per heavy atom. The Morgan fingerprint density at radius 3 is 3.18 bits per heavy atom. The van der Waals surface area contributed by atoms with E-state index in [9.17, 15) is 4.79 Å². The highest BCUT2D eigenvalue weighted by molar-refractivity contribution is 7.97. The molecule has 0 bridgehead atoms. The Hall–Kier alpha value is -1.10. The molecule has 0 atom stereocenters. The van der Waals surface area contributed by atoms with Crippen LogP contribution in [0.3, 0.4) is 0 Å². The van der Waals surface area contributed by atoms with Crippen LogP contribution in [0, 0.1) is 0 Å². The molecule has 2 amide bonds. The predicted molar refractivity (Wildman–Crippen MR) is 42.7 cm³/mol. The van der Waals surface area contributed by atoms with Crippen LogP contribution in [0.15, 0.2) is 22.8 Å². The molecule has 0 spiro atoms. The first-order chi connectivity index (χ1) is 5.29. The van der Waals surface area contributed by atoms with Crippen molar-refractivity contribution in [1.29, 1.82) is 0 Å². The fourth-order valence-electron chi connectivity index (χ4n) is 0.573. The van der Waals surface area contributed by atoms with Gasteiger partial charge in [0.25, 0.3) is 0 Å². The van der Waals surface area contributed by atoms with Crippen molar-refractivity contribution in [1.82, 2.24) is 4.72 Å². The van der Waals surface area contributed by atoms with Crippen molar-refractivity contribution >= 4 is 18.0 Å². The topological polar surface area (TPSA) is 68.3 Å². The summed E-state index contributed by atoms with van der Waals surface area (Å²) >= 11 is 1.20. The standard InChI is InChI=1S/C6H8N2O2S/c7-6(9)8-11-4-5-2-1-3-10-5/h1-3H,4H2,(H3,7,8,9). The number of nitrogens with one attached hydrogen (secondary N) is 1. The Kier molecular flexibility index (Phi) is 2.85. The summed E-state index contributed by atoms with van der Waals surface area (Å²) in [6.07, 6.45) is 1.58. The second-order valence-corrected chi connectivity index (χ2v) is 2.62. The molecule has 0 saturated heterocycles. The molecule has 4 nitrogen and oxygen atoms in total. The van der Waals surface area contributed by atoms with Gasteiger partial charge in [0.2, 0.25) is 0 Å². The van der Waals surface area contributed by atoms with Gasteiger partial charge in [0, 0.05) is 0 Å². The maximum Gasteiger partial charge on any atom is 0.322 e. The van der Waals surface area contributed by atoms with Crippen molar-refractivity contribution in [3.63, 3.8) is 0 Å². The van der Waals surface area contributed by atoms with Gasteiger partial charge < -0.3 is 10.2 Å². The normalized spacial score (nSPS) is 9.45. The minimum absolute atomic E-state index is 0.540. The van der Waals surface area contributed by atoms with Crippen LogP contribution < -0.4 is 10.5 Å². The van der Waals surface area contributed by atoms with E-state index in [-0.39, 0.29) is 0 Å². The molecule has 0 saturated carbocycles. The van der Waals surface area contributed by atoms with Crippen LogP contribution >= 0.6 is 11.9 Å². The summed E-state index contributed by atoms with van der Waals surface area (Å²) in [5, 5.41) is 0. The molecule has 0 unspecified atom stereocenters. The molecule has 1 aromatic heterocycles. The molecule has 0 aromatic carbocycles. The number of urea groups is 1. The largest absolute Gasteiger partial charge is 0.468 e. The van der Waals surface area contributed by atoms with Crippen LogP contribution in [0.1, 0.15) is 5.76 Å². The first kappa shape index (κ1) is 8.00. The molecule has 0 radical (unpaired) electrons. The zero-order valence-electron chi connectivity index (χ0n) is 5.74. The molecule has 0 aliphatic carbocycles. The molecule has 5 heteroatoms. The van der Waals surface area contributed by atoms with Crippen molar-refractivity contribution in [3.8, 4) is 0 Å². The highest BCUT2D eigenvalue weighted by Gasteiger charge is 1.96. The molecule has 0 fully saturated rings. The maximum absolute atomic E-state index is 10.2. The lowest BCUT2D eigenvalue weighted by molar-refractivity contribution is 0.254. The molecule has 1 heterocycles. The molecule has 3 N–H and O–H groups in total. The molecule has 1 aromatic rings. The fraction of sp³-hybridized carbons (Fsp3) is 0.167. The van der Waals surface area contributed by atoms with E-state index in [2.05, 4.69) is 4.72 Å². The number of primary amides is 1. The van der Waals surface area contributed by atoms with E-state index in [1.54, 1.807) is 12.3 Å². The Bertz CT molecular complexity index is 222. The van der Waals surface area contributed by atoms with Gasteiger partial charge in [0.15, 0.2) is 0 Å². The van der Waals surface area contributed by atoms with Gasteiger partial charge in [-0.1, -0.05) is 0 Å². The van der Waals surface area contributed by atoms with Gasteiger partial charge in [-0.2, -0.15) is 0 Å². The van der Waals surface area contributed by atoms with Crippen molar-refractivity contribution in [3.05, 3.63) is 24.2 Å². The first-order valence-corrected chi connectivity index (χ1v) is 3.97. The summed E-state index contributed by atoms with van der Waals surface area (Å²) in [6.45, 7) is 0. The third-order valence-corrected chi connectivity index (χ3v) is 1.74. The van der Waals surface area contributed by atoms with Crippen LogP contribution in [-0.4, -0.2) is 6.03 Å². The third-order valence-electron chi connectivity index (χ3n) is 0.967. The van der Waals surface area contributed by atoms with Gasteiger partial charge in [-0.15, -0.1) is 0 Å². The van der Waals surface area contributed by atoms with Crippen LogP contribution in [0.4, 0.5) is 4.79 Å². The average Bonchev–Trinajstić information content (AvgIpc) is 2.39. The lowest BCUT2D eigenvalue weighted by Crippen LogP contribution is -2.22. The van der Waals surface area contributed by atoms with Gasteiger partial charge in [0.05, 0.1) is 12.0 Å². The highest BCUT2D eigenvalue weighted by Crippen LogP contribution is 2.08. The minimum atomic E-state index is -0.540. The lowest BCUT2D eigenvalue weighted by Gasteiger charge is -1.96. The van der Waals surface area contributed by atoms with E-state index < -0.39 is 6.03 Å². The van der Waals surface area contributed by atoms with Crippen molar-refractivity contribution < 1.29 is 9.21 Å². The second-order valence-electron chi connectivity index (χ2n) is 1.83. The fourth-order valence-corrected chi connectivity index (χ4v) is 1.09. The van der Waals surface area contributed by atoms with Crippen molar-refractivity contribution in [2.45, 2.75) is 5.75 Å². The second kappa shape index (κ2) is 3.92. The SMILES string of the molecule is NC(=O)NSCc1ccco1. The molecule has 0 aliphatic heterocycles. The lowest BCUT2D eigenvalue weighted by atomic mass is 10.5. The molecule has 60 valence electrons. The molecule has 0 aliphatic rings. The number of rotatable bonds is 3. The Labute approximate surface area is 68.3 Å². The van der Waals surface area contributed by atoms with Gasteiger partial charge in [-0.25, -0.2) is 4.79 Å². The molecular weight excluding hydrogens is 164 g/mol. The van der Waals surface area contributed by atoms with E-state index in [1.165, 1.54) is 11.9 Å². The molecule has 11 heavy (non-hydrogen) atoms. The Morgan fingerprint density at radius 2 is 2.64 bits per heavy atom. The highest BCUT2D eigenvalue weighted by atomic mass is 32.2.